The van der Waals surface area contributed by atoms with Crippen LogP contribution in [0.5, 0.6) is 5.75 Å². The summed E-state index contributed by atoms with van der Waals surface area (Å²) in [6.07, 6.45) is 4.21. The summed E-state index contributed by atoms with van der Waals surface area (Å²) >= 11 is 1.47. The predicted molar refractivity (Wildman–Crippen MR) is 104 cm³/mol. The Kier molecular flexibility index (Phi) is 5.46. The molecule has 128 valence electrons. The third kappa shape index (κ3) is 4.45. The molecule has 1 aromatic heterocycles. The Morgan fingerprint density at radius 1 is 1.28 bits per heavy atom. The number of aryl methyl sites for hydroxylation is 1. The Bertz CT molecular complexity index is 915. The number of anilines is 1. The Morgan fingerprint density at radius 2 is 2.12 bits per heavy atom. The van der Waals surface area contributed by atoms with Gasteiger partial charge in [0.2, 0.25) is 5.91 Å². The number of benzene rings is 2. The van der Waals surface area contributed by atoms with Crippen molar-refractivity contribution in [2.45, 2.75) is 20.3 Å². The summed E-state index contributed by atoms with van der Waals surface area (Å²) in [6, 6.07) is 13.7. The summed E-state index contributed by atoms with van der Waals surface area (Å²) in [5, 5.41) is 3.43. The number of rotatable bonds is 6. The highest BCUT2D eigenvalue weighted by Gasteiger charge is 2.06. The number of fused-ring (bicyclic) bond motifs is 1. The highest BCUT2D eigenvalue weighted by atomic mass is 32.1. The van der Waals surface area contributed by atoms with Gasteiger partial charge >= 0.3 is 0 Å². The predicted octanol–water partition coefficient (Wildman–Crippen LogP) is 5.05. The quantitative estimate of drug-likeness (QED) is 0.632. The summed E-state index contributed by atoms with van der Waals surface area (Å²) in [5.41, 5.74) is 2.96. The Morgan fingerprint density at radius 3 is 2.96 bits per heavy atom. The standard InChI is InChI=1S/C20H20N2O2S/c1-3-12-24-17-7-5-4-6-15(17)9-11-19(23)22-20-21-16-10-8-14(2)13-18(16)25-20/h4-11,13H,3,12H2,1-2H3,(H,21,22,23)/b11-9+. The van der Waals surface area contributed by atoms with Crippen molar-refractivity contribution in [1.29, 1.82) is 0 Å². The van der Waals surface area contributed by atoms with Gasteiger partial charge in [0.1, 0.15) is 5.75 Å². The molecule has 0 atom stereocenters. The van der Waals surface area contributed by atoms with E-state index in [-0.39, 0.29) is 5.91 Å². The molecule has 0 aliphatic carbocycles. The molecule has 0 aliphatic heterocycles. The van der Waals surface area contributed by atoms with E-state index in [1.807, 2.05) is 43.3 Å². The van der Waals surface area contributed by atoms with Crippen LogP contribution in [-0.2, 0) is 4.79 Å². The molecule has 1 N–H and O–H groups in total. The number of para-hydroxylation sites is 1. The third-order valence-electron chi connectivity index (χ3n) is 3.57. The average molecular weight is 352 g/mol. The van der Waals surface area contributed by atoms with Crippen LogP contribution in [0.3, 0.4) is 0 Å². The fourth-order valence-electron chi connectivity index (χ4n) is 2.36. The number of carbonyl (C=O) groups excluding carboxylic acids is 1. The lowest BCUT2D eigenvalue weighted by Gasteiger charge is -2.07. The van der Waals surface area contributed by atoms with Gasteiger partial charge in [-0.15, -0.1) is 0 Å². The fraction of sp³-hybridized carbons (Fsp3) is 0.200. The van der Waals surface area contributed by atoms with Gasteiger partial charge in [0, 0.05) is 11.6 Å². The van der Waals surface area contributed by atoms with Gasteiger partial charge in [-0.05, 0) is 43.2 Å². The Balaban J connectivity index is 1.70. The van der Waals surface area contributed by atoms with E-state index in [0.29, 0.717) is 11.7 Å². The second-order valence-electron chi connectivity index (χ2n) is 5.70. The zero-order chi connectivity index (χ0) is 17.6. The number of nitrogens with one attached hydrogen (secondary N) is 1. The summed E-state index contributed by atoms with van der Waals surface area (Å²) in [7, 11) is 0. The van der Waals surface area contributed by atoms with Gasteiger partial charge in [0.15, 0.2) is 5.13 Å². The molecule has 0 spiro atoms. The summed E-state index contributed by atoms with van der Waals surface area (Å²) in [5.74, 6) is 0.574. The van der Waals surface area contributed by atoms with Crippen LogP contribution in [0, 0.1) is 6.92 Å². The minimum absolute atomic E-state index is 0.207. The molecule has 0 fully saturated rings. The highest BCUT2D eigenvalue weighted by Crippen LogP contribution is 2.26. The molecule has 0 saturated heterocycles. The lowest BCUT2D eigenvalue weighted by Crippen LogP contribution is -2.07. The van der Waals surface area contributed by atoms with Crippen molar-refractivity contribution < 1.29 is 9.53 Å². The molecule has 0 bridgehead atoms. The largest absolute Gasteiger partial charge is 0.493 e. The molecule has 5 heteroatoms. The zero-order valence-electron chi connectivity index (χ0n) is 14.3. The molecule has 3 rings (SSSR count). The molecule has 4 nitrogen and oxygen atoms in total. The van der Waals surface area contributed by atoms with Gasteiger partial charge in [0.05, 0.1) is 16.8 Å². The van der Waals surface area contributed by atoms with Crippen LogP contribution in [0.15, 0.2) is 48.5 Å². The Hall–Kier alpha value is -2.66. The van der Waals surface area contributed by atoms with Gasteiger partial charge in [-0.3, -0.25) is 10.1 Å². The van der Waals surface area contributed by atoms with Crippen LogP contribution in [0.25, 0.3) is 16.3 Å². The smallest absolute Gasteiger partial charge is 0.250 e. The maximum atomic E-state index is 12.2. The van der Waals surface area contributed by atoms with Crippen molar-refractivity contribution in [2.24, 2.45) is 0 Å². The summed E-state index contributed by atoms with van der Waals surface area (Å²) in [6.45, 7) is 4.76. The van der Waals surface area contributed by atoms with Crippen molar-refractivity contribution in [3.8, 4) is 5.75 Å². The number of nitrogens with zero attached hydrogens (tertiary/aromatic N) is 1. The number of thiazole rings is 1. The number of hydrogen-bond acceptors (Lipinski definition) is 4. The van der Waals surface area contributed by atoms with E-state index in [1.54, 1.807) is 6.08 Å². The molecule has 3 aromatic rings. The van der Waals surface area contributed by atoms with E-state index in [1.165, 1.54) is 23.0 Å². The van der Waals surface area contributed by atoms with Crippen LogP contribution in [0.2, 0.25) is 0 Å². The number of hydrogen-bond donors (Lipinski definition) is 1. The number of aromatic nitrogens is 1. The third-order valence-corrected chi connectivity index (χ3v) is 4.50. The second kappa shape index (κ2) is 7.94. The molecule has 1 amide bonds. The van der Waals surface area contributed by atoms with E-state index in [9.17, 15) is 4.79 Å². The first-order valence-corrected chi connectivity index (χ1v) is 9.05. The van der Waals surface area contributed by atoms with Crippen LogP contribution < -0.4 is 10.1 Å². The van der Waals surface area contributed by atoms with Crippen LogP contribution in [-0.4, -0.2) is 17.5 Å². The lowest BCUT2D eigenvalue weighted by molar-refractivity contribution is -0.111. The SMILES string of the molecule is CCCOc1ccccc1/C=C/C(=O)Nc1nc2ccc(C)cc2s1. The number of ether oxygens (including phenoxy) is 1. The van der Waals surface area contributed by atoms with Crippen molar-refractivity contribution in [3.05, 3.63) is 59.7 Å². The van der Waals surface area contributed by atoms with Crippen molar-refractivity contribution >= 4 is 38.7 Å². The summed E-state index contributed by atoms with van der Waals surface area (Å²) < 4.78 is 6.76. The van der Waals surface area contributed by atoms with E-state index in [4.69, 9.17) is 4.74 Å². The highest BCUT2D eigenvalue weighted by molar-refractivity contribution is 7.22. The van der Waals surface area contributed by atoms with Gasteiger partial charge < -0.3 is 4.74 Å². The first-order valence-electron chi connectivity index (χ1n) is 8.24. The van der Waals surface area contributed by atoms with Crippen molar-refractivity contribution in [3.63, 3.8) is 0 Å². The van der Waals surface area contributed by atoms with Crippen molar-refractivity contribution in [2.75, 3.05) is 11.9 Å². The lowest BCUT2D eigenvalue weighted by atomic mass is 10.2. The van der Waals surface area contributed by atoms with Gasteiger partial charge in [-0.1, -0.05) is 42.5 Å². The van der Waals surface area contributed by atoms with E-state index in [0.717, 1.165) is 28.0 Å². The topological polar surface area (TPSA) is 51.2 Å². The first-order chi connectivity index (χ1) is 12.2. The Labute approximate surface area is 151 Å². The molecule has 0 saturated carbocycles. The van der Waals surface area contributed by atoms with Crippen molar-refractivity contribution in [1.82, 2.24) is 4.98 Å². The van der Waals surface area contributed by atoms with Crippen LogP contribution >= 0.6 is 11.3 Å². The minimum Gasteiger partial charge on any atom is -0.493 e. The van der Waals surface area contributed by atoms with E-state index >= 15 is 0 Å². The van der Waals surface area contributed by atoms with Crippen LogP contribution in [0.1, 0.15) is 24.5 Å². The molecule has 0 unspecified atom stereocenters. The van der Waals surface area contributed by atoms with E-state index in [2.05, 4.69) is 23.3 Å². The number of amides is 1. The molecule has 0 radical (unpaired) electrons. The molecular weight excluding hydrogens is 332 g/mol. The summed E-state index contributed by atoms with van der Waals surface area (Å²) in [4.78, 5) is 16.6. The van der Waals surface area contributed by atoms with Crippen LogP contribution in [0.4, 0.5) is 5.13 Å². The molecule has 0 aliphatic rings. The average Bonchev–Trinajstić information content (AvgIpc) is 3.00. The molecule has 2 aromatic carbocycles. The molecule has 1 heterocycles. The van der Waals surface area contributed by atoms with Gasteiger partial charge in [0.25, 0.3) is 0 Å². The van der Waals surface area contributed by atoms with Gasteiger partial charge in [-0.2, -0.15) is 0 Å². The number of carbonyl (C=O) groups is 1. The molecule has 25 heavy (non-hydrogen) atoms. The maximum Gasteiger partial charge on any atom is 0.250 e. The monoisotopic (exact) mass is 352 g/mol. The van der Waals surface area contributed by atoms with E-state index < -0.39 is 0 Å². The molecular formula is C20H20N2O2S. The first kappa shape index (κ1) is 17.2. The normalized spacial score (nSPS) is 11.1. The second-order valence-corrected chi connectivity index (χ2v) is 6.73. The fourth-order valence-corrected chi connectivity index (χ4v) is 3.33. The minimum atomic E-state index is -0.207. The maximum absolute atomic E-state index is 12.2. The zero-order valence-corrected chi connectivity index (χ0v) is 15.1. The van der Waals surface area contributed by atoms with Gasteiger partial charge in [-0.25, -0.2) is 4.98 Å².